The fourth-order valence-corrected chi connectivity index (χ4v) is 4.79. The summed E-state index contributed by atoms with van der Waals surface area (Å²) in [5.74, 6) is 0.651. The second-order valence-electron chi connectivity index (χ2n) is 7.59. The standard InChI is InChI=1S/C23H23N5O6S2/c1-3-33-21(29)13-34-15-6-4-14(5-7-15)18-11-24-20(26-18)12-25-22(30)28-23-27-17-9-8-16(36(2,31)32)10-19(17)35-23/h4-11H,3,12-13H2,1-2H3,(H,24,26)(H2,25,27,28,30). The summed E-state index contributed by atoms with van der Waals surface area (Å²) in [4.78, 5) is 35.6. The van der Waals surface area contributed by atoms with Gasteiger partial charge in [-0.2, -0.15) is 0 Å². The number of anilines is 1. The molecular weight excluding hydrogens is 506 g/mol. The average Bonchev–Trinajstić information content (AvgIpc) is 3.47. The van der Waals surface area contributed by atoms with Crippen molar-refractivity contribution in [3.63, 3.8) is 0 Å². The van der Waals surface area contributed by atoms with Gasteiger partial charge < -0.3 is 19.8 Å². The number of hydrogen-bond donors (Lipinski definition) is 3. The zero-order valence-electron chi connectivity index (χ0n) is 19.4. The molecule has 0 saturated carbocycles. The highest BCUT2D eigenvalue weighted by molar-refractivity contribution is 7.90. The number of aromatic nitrogens is 3. The fourth-order valence-electron chi connectivity index (χ4n) is 3.17. The molecular formula is C23H23N5O6S2. The second-order valence-corrected chi connectivity index (χ2v) is 10.6. The Kier molecular flexibility index (Phi) is 7.50. The molecule has 0 aliphatic heterocycles. The molecule has 188 valence electrons. The van der Waals surface area contributed by atoms with E-state index in [0.29, 0.717) is 33.5 Å². The first-order valence-corrected chi connectivity index (χ1v) is 13.5. The van der Waals surface area contributed by atoms with Gasteiger partial charge in [0, 0.05) is 6.26 Å². The maximum absolute atomic E-state index is 12.3. The van der Waals surface area contributed by atoms with Crippen LogP contribution in [0, 0.1) is 0 Å². The number of fused-ring (bicyclic) bond motifs is 1. The maximum Gasteiger partial charge on any atom is 0.344 e. The number of nitrogens with one attached hydrogen (secondary N) is 3. The summed E-state index contributed by atoms with van der Waals surface area (Å²) in [6.45, 7) is 2.02. The number of ether oxygens (including phenoxy) is 2. The summed E-state index contributed by atoms with van der Waals surface area (Å²) in [6, 6.07) is 11.3. The Morgan fingerprint density at radius 2 is 1.92 bits per heavy atom. The number of rotatable bonds is 9. The number of benzene rings is 2. The third-order valence-electron chi connectivity index (χ3n) is 4.88. The van der Waals surface area contributed by atoms with Crippen LogP contribution in [0.4, 0.5) is 9.93 Å². The number of nitrogens with zero attached hydrogens (tertiary/aromatic N) is 2. The largest absolute Gasteiger partial charge is 0.482 e. The molecule has 0 aliphatic carbocycles. The van der Waals surface area contributed by atoms with Gasteiger partial charge in [0.25, 0.3) is 0 Å². The smallest absolute Gasteiger partial charge is 0.344 e. The Morgan fingerprint density at radius 3 is 2.64 bits per heavy atom. The van der Waals surface area contributed by atoms with Crippen molar-refractivity contribution >= 4 is 48.5 Å². The number of imidazole rings is 1. The minimum atomic E-state index is -3.33. The molecule has 0 unspecified atom stereocenters. The molecule has 2 aromatic carbocycles. The zero-order chi connectivity index (χ0) is 25.7. The lowest BCUT2D eigenvalue weighted by Gasteiger charge is -2.06. The van der Waals surface area contributed by atoms with Gasteiger partial charge in [-0.05, 0) is 55.0 Å². The van der Waals surface area contributed by atoms with E-state index in [1.807, 2.05) is 12.1 Å². The van der Waals surface area contributed by atoms with Crippen molar-refractivity contribution in [1.29, 1.82) is 0 Å². The molecule has 13 heteroatoms. The van der Waals surface area contributed by atoms with Crippen LogP contribution < -0.4 is 15.4 Å². The number of H-pyrrole nitrogens is 1. The van der Waals surface area contributed by atoms with E-state index in [-0.39, 0.29) is 18.0 Å². The van der Waals surface area contributed by atoms with Gasteiger partial charge in [0.1, 0.15) is 11.6 Å². The number of esters is 1. The first-order valence-electron chi connectivity index (χ1n) is 10.8. The lowest BCUT2D eigenvalue weighted by Crippen LogP contribution is -2.28. The van der Waals surface area contributed by atoms with Crippen molar-refractivity contribution in [1.82, 2.24) is 20.3 Å². The highest BCUT2D eigenvalue weighted by Gasteiger charge is 2.13. The third kappa shape index (κ3) is 6.37. The van der Waals surface area contributed by atoms with Gasteiger partial charge in [0.15, 0.2) is 21.6 Å². The van der Waals surface area contributed by atoms with Crippen molar-refractivity contribution < 1.29 is 27.5 Å². The molecule has 0 bridgehead atoms. The summed E-state index contributed by atoms with van der Waals surface area (Å²) in [5, 5.41) is 5.70. The van der Waals surface area contributed by atoms with E-state index in [1.165, 1.54) is 23.5 Å². The van der Waals surface area contributed by atoms with E-state index in [9.17, 15) is 18.0 Å². The number of carbonyl (C=O) groups excluding carboxylic acids is 2. The Bertz CT molecular complexity index is 1490. The van der Waals surface area contributed by atoms with Crippen molar-refractivity contribution in [2.45, 2.75) is 18.4 Å². The molecule has 0 atom stereocenters. The van der Waals surface area contributed by atoms with Gasteiger partial charge in [-0.15, -0.1) is 0 Å². The first kappa shape index (κ1) is 25.1. The Hall–Kier alpha value is -3.97. The van der Waals surface area contributed by atoms with E-state index in [2.05, 4.69) is 25.6 Å². The van der Waals surface area contributed by atoms with Gasteiger partial charge in [-0.25, -0.2) is 28.0 Å². The highest BCUT2D eigenvalue weighted by atomic mass is 32.2. The lowest BCUT2D eigenvalue weighted by atomic mass is 10.2. The van der Waals surface area contributed by atoms with Crippen LogP contribution in [0.15, 0.2) is 53.6 Å². The molecule has 2 aromatic heterocycles. The van der Waals surface area contributed by atoms with Crippen LogP contribution >= 0.6 is 11.3 Å². The molecule has 11 nitrogen and oxygen atoms in total. The van der Waals surface area contributed by atoms with Crippen LogP contribution in [-0.4, -0.2) is 54.8 Å². The van der Waals surface area contributed by atoms with Crippen LogP contribution in [-0.2, 0) is 25.9 Å². The second kappa shape index (κ2) is 10.7. The van der Waals surface area contributed by atoms with Gasteiger partial charge in [0.05, 0.1) is 40.2 Å². The van der Waals surface area contributed by atoms with E-state index >= 15 is 0 Å². The Labute approximate surface area is 210 Å². The molecule has 0 saturated heterocycles. The predicted molar refractivity (Wildman–Crippen MR) is 135 cm³/mol. The molecule has 4 rings (SSSR count). The topological polar surface area (TPSA) is 152 Å². The number of thiazole rings is 1. The van der Waals surface area contributed by atoms with Crippen LogP contribution in [0.2, 0.25) is 0 Å². The SMILES string of the molecule is CCOC(=O)COc1ccc(-c2cnc(CNC(=O)Nc3nc4ccc(S(C)(=O)=O)cc4s3)[nH]2)cc1. The number of sulfone groups is 1. The van der Waals surface area contributed by atoms with Crippen LogP contribution in [0.3, 0.4) is 0 Å². The quantitative estimate of drug-likeness (QED) is 0.279. The highest BCUT2D eigenvalue weighted by Crippen LogP contribution is 2.28. The molecule has 0 aliphatic rings. The first-order chi connectivity index (χ1) is 17.2. The molecule has 0 radical (unpaired) electrons. The molecule has 2 amide bonds. The normalized spacial score (nSPS) is 11.3. The zero-order valence-corrected chi connectivity index (χ0v) is 21.0. The summed E-state index contributed by atoms with van der Waals surface area (Å²) in [7, 11) is -3.33. The van der Waals surface area contributed by atoms with Crippen molar-refractivity contribution in [3.8, 4) is 17.0 Å². The Balaban J connectivity index is 1.31. The summed E-state index contributed by atoms with van der Waals surface area (Å²) in [6.07, 6.45) is 2.79. The monoisotopic (exact) mass is 529 g/mol. The van der Waals surface area contributed by atoms with E-state index in [4.69, 9.17) is 9.47 Å². The van der Waals surface area contributed by atoms with Gasteiger partial charge in [-0.3, -0.25) is 5.32 Å². The lowest BCUT2D eigenvalue weighted by molar-refractivity contribution is -0.145. The predicted octanol–water partition coefficient (Wildman–Crippen LogP) is 3.35. The number of carbonyl (C=O) groups is 2. The minimum absolute atomic E-state index is 0.149. The van der Waals surface area contributed by atoms with Crippen molar-refractivity contribution in [2.24, 2.45) is 0 Å². The van der Waals surface area contributed by atoms with Gasteiger partial charge in [-0.1, -0.05) is 11.3 Å². The molecule has 4 aromatic rings. The fraction of sp³-hybridized carbons (Fsp3) is 0.217. The van der Waals surface area contributed by atoms with Crippen molar-refractivity contribution in [2.75, 3.05) is 24.8 Å². The molecule has 2 heterocycles. The van der Waals surface area contributed by atoms with Gasteiger partial charge >= 0.3 is 12.0 Å². The van der Waals surface area contributed by atoms with Gasteiger partial charge in [0.2, 0.25) is 0 Å². The van der Waals surface area contributed by atoms with Crippen LogP contribution in [0.5, 0.6) is 5.75 Å². The number of hydrogen-bond acceptors (Lipinski definition) is 9. The average molecular weight is 530 g/mol. The molecule has 0 spiro atoms. The van der Waals surface area contributed by atoms with Crippen LogP contribution in [0.1, 0.15) is 12.7 Å². The van der Waals surface area contributed by atoms with Crippen LogP contribution in [0.25, 0.3) is 21.5 Å². The Morgan fingerprint density at radius 1 is 1.14 bits per heavy atom. The third-order valence-corrected chi connectivity index (χ3v) is 6.92. The number of urea groups is 1. The van der Waals surface area contributed by atoms with E-state index < -0.39 is 21.8 Å². The van der Waals surface area contributed by atoms with E-state index in [0.717, 1.165) is 17.5 Å². The molecule has 0 fully saturated rings. The minimum Gasteiger partial charge on any atom is -0.482 e. The molecule has 36 heavy (non-hydrogen) atoms. The molecule has 3 N–H and O–H groups in total. The van der Waals surface area contributed by atoms with Crippen molar-refractivity contribution in [3.05, 3.63) is 54.5 Å². The number of aromatic amines is 1. The van der Waals surface area contributed by atoms with E-state index in [1.54, 1.807) is 31.3 Å². The summed E-state index contributed by atoms with van der Waals surface area (Å²) >= 11 is 1.18. The maximum atomic E-state index is 12.3. The number of amides is 2. The summed E-state index contributed by atoms with van der Waals surface area (Å²) < 4.78 is 34.3. The summed E-state index contributed by atoms with van der Waals surface area (Å²) in [5.41, 5.74) is 2.19.